The Morgan fingerprint density at radius 3 is 2.89 bits per heavy atom. The van der Waals surface area contributed by atoms with Crippen molar-refractivity contribution in [1.82, 2.24) is 10.3 Å². The maximum absolute atomic E-state index is 5.84. The molecule has 1 N–H and O–H groups in total. The van der Waals surface area contributed by atoms with Crippen LogP contribution in [0.5, 0.6) is 11.5 Å². The van der Waals surface area contributed by atoms with Crippen molar-refractivity contribution in [2.75, 3.05) is 6.54 Å². The molecule has 94 valence electrons. The van der Waals surface area contributed by atoms with E-state index in [4.69, 9.17) is 4.74 Å². The first-order chi connectivity index (χ1) is 8.79. The van der Waals surface area contributed by atoms with Crippen LogP contribution in [0.4, 0.5) is 0 Å². The van der Waals surface area contributed by atoms with E-state index < -0.39 is 0 Å². The van der Waals surface area contributed by atoms with E-state index in [-0.39, 0.29) is 0 Å². The third-order valence-corrected chi connectivity index (χ3v) is 2.66. The summed E-state index contributed by atoms with van der Waals surface area (Å²) in [4.78, 5) is 4.21. The second-order valence-electron chi connectivity index (χ2n) is 4.12. The van der Waals surface area contributed by atoms with Gasteiger partial charge in [-0.2, -0.15) is 0 Å². The Morgan fingerprint density at radius 1 is 1.22 bits per heavy atom. The van der Waals surface area contributed by atoms with E-state index in [1.54, 1.807) is 6.20 Å². The van der Waals surface area contributed by atoms with Crippen molar-refractivity contribution in [3.8, 4) is 11.5 Å². The van der Waals surface area contributed by atoms with Crippen molar-refractivity contribution in [2.45, 2.75) is 20.4 Å². The predicted octanol–water partition coefficient (Wildman–Crippen LogP) is 3.29. The van der Waals surface area contributed by atoms with Gasteiger partial charge in [-0.05, 0) is 43.3 Å². The molecule has 0 radical (unpaired) electrons. The Morgan fingerprint density at radius 2 is 2.11 bits per heavy atom. The lowest BCUT2D eigenvalue weighted by molar-refractivity contribution is 0.474. The van der Waals surface area contributed by atoms with Crippen molar-refractivity contribution in [3.63, 3.8) is 0 Å². The van der Waals surface area contributed by atoms with E-state index in [2.05, 4.69) is 29.4 Å². The SMILES string of the molecule is CCNCc1cccc(Oc2cccnc2C)c1. The Balaban J connectivity index is 2.12. The van der Waals surface area contributed by atoms with Crippen LogP contribution in [0.3, 0.4) is 0 Å². The minimum Gasteiger partial charge on any atom is -0.455 e. The fourth-order valence-electron chi connectivity index (χ4n) is 1.69. The van der Waals surface area contributed by atoms with Crippen LogP contribution in [0.25, 0.3) is 0 Å². The van der Waals surface area contributed by atoms with Crippen LogP contribution in [0.1, 0.15) is 18.2 Å². The predicted molar refractivity (Wildman–Crippen MR) is 72.9 cm³/mol. The smallest absolute Gasteiger partial charge is 0.148 e. The molecule has 2 rings (SSSR count). The monoisotopic (exact) mass is 242 g/mol. The molecule has 0 aliphatic carbocycles. The quantitative estimate of drug-likeness (QED) is 0.873. The highest BCUT2D eigenvalue weighted by molar-refractivity contribution is 5.35. The fraction of sp³-hybridized carbons (Fsp3) is 0.267. The summed E-state index contributed by atoms with van der Waals surface area (Å²) in [6.45, 7) is 5.86. The first kappa shape index (κ1) is 12.6. The van der Waals surface area contributed by atoms with Crippen LogP contribution >= 0.6 is 0 Å². The van der Waals surface area contributed by atoms with Gasteiger partial charge in [0, 0.05) is 12.7 Å². The third kappa shape index (κ3) is 3.31. The molecule has 0 aliphatic rings. The molecule has 0 amide bonds. The topological polar surface area (TPSA) is 34.1 Å². The highest BCUT2D eigenvalue weighted by Gasteiger charge is 2.02. The molecule has 18 heavy (non-hydrogen) atoms. The number of rotatable bonds is 5. The molecule has 0 saturated heterocycles. The summed E-state index contributed by atoms with van der Waals surface area (Å²) in [7, 11) is 0. The summed E-state index contributed by atoms with van der Waals surface area (Å²) in [5.74, 6) is 1.65. The van der Waals surface area contributed by atoms with Crippen molar-refractivity contribution >= 4 is 0 Å². The summed E-state index contributed by atoms with van der Waals surface area (Å²) in [5.41, 5.74) is 2.12. The van der Waals surface area contributed by atoms with Gasteiger partial charge in [-0.1, -0.05) is 19.1 Å². The standard InChI is InChI=1S/C15H18N2O/c1-3-16-11-13-6-4-7-14(10-13)18-15-8-5-9-17-12(15)2/h4-10,16H,3,11H2,1-2H3. The summed E-state index contributed by atoms with van der Waals surface area (Å²) in [5, 5.41) is 3.30. The van der Waals surface area contributed by atoms with Crippen LogP contribution in [0.2, 0.25) is 0 Å². The van der Waals surface area contributed by atoms with E-state index in [1.165, 1.54) is 5.56 Å². The third-order valence-electron chi connectivity index (χ3n) is 2.66. The molecule has 3 heteroatoms. The molecule has 0 bridgehead atoms. The summed E-state index contributed by atoms with van der Waals surface area (Å²) >= 11 is 0. The van der Waals surface area contributed by atoms with Crippen molar-refractivity contribution in [2.24, 2.45) is 0 Å². The lowest BCUT2D eigenvalue weighted by Crippen LogP contribution is -2.11. The Kier molecular flexibility index (Phi) is 4.31. The highest BCUT2D eigenvalue weighted by Crippen LogP contribution is 2.23. The van der Waals surface area contributed by atoms with Gasteiger partial charge < -0.3 is 10.1 Å². The number of nitrogens with one attached hydrogen (secondary N) is 1. The second kappa shape index (κ2) is 6.17. The first-order valence-corrected chi connectivity index (χ1v) is 6.18. The molecule has 3 nitrogen and oxygen atoms in total. The average Bonchev–Trinajstić information content (AvgIpc) is 2.40. The van der Waals surface area contributed by atoms with Crippen molar-refractivity contribution in [3.05, 3.63) is 53.9 Å². The number of aryl methyl sites for hydroxylation is 1. The molecule has 0 atom stereocenters. The van der Waals surface area contributed by atoms with Crippen LogP contribution in [-0.2, 0) is 6.54 Å². The van der Waals surface area contributed by atoms with Crippen LogP contribution in [0.15, 0.2) is 42.6 Å². The molecule has 0 unspecified atom stereocenters. The Bertz CT molecular complexity index is 511. The van der Waals surface area contributed by atoms with E-state index in [1.807, 2.05) is 31.2 Å². The lowest BCUT2D eigenvalue weighted by atomic mass is 10.2. The summed E-state index contributed by atoms with van der Waals surface area (Å²) in [6.07, 6.45) is 1.77. The maximum atomic E-state index is 5.84. The van der Waals surface area contributed by atoms with Gasteiger partial charge in [0.15, 0.2) is 0 Å². The number of ether oxygens (including phenoxy) is 1. The molecule has 1 aromatic heterocycles. The lowest BCUT2D eigenvalue weighted by Gasteiger charge is -2.09. The number of hydrogen-bond acceptors (Lipinski definition) is 3. The fourth-order valence-corrected chi connectivity index (χ4v) is 1.69. The zero-order chi connectivity index (χ0) is 12.8. The Hall–Kier alpha value is -1.87. The molecule has 0 fully saturated rings. The number of nitrogens with zero attached hydrogens (tertiary/aromatic N) is 1. The van der Waals surface area contributed by atoms with Gasteiger partial charge in [-0.15, -0.1) is 0 Å². The number of aromatic nitrogens is 1. The van der Waals surface area contributed by atoms with Gasteiger partial charge in [0.1, 0.15) is 11.5 Å². The van der Waals surface area contributed by atoms with E-state index in [0.717, 1.165) is 30.3 Å². The van der Waals surface area contributed by atoms with Gasteiger partial charge >= 0.3 is 0 Å². The zero-order valence-corrected chi connectivity index (χ0v) is 10.8. The largest absolute Gasteiger partial charge is 0.455 e. The molecule has 0 spiro atoms. The normalized spacial score (nSPS) is 10.3. The molecular weight excluding hydrogens is 224 g/mol. The van der Waals surface area contributed by atoms with Gasteiger partial charge in [0.05, 0.1) is 5.69 Å². The molecule has 2 aromatic rings. The van der Waals surface area contributed by atoms with Gasteiger partial charge in [-0.3, -0.25) is 4.98 Å². The molecule has 1 heterocycles. The summed E-state index contributed by atoms with van der Waals surface area (Å²) in [6, 6.07) is 11.9. The number of pyridine rings is 1. The first-order valence-electron chi connectivity index (χ1n) is 6.18. The van der Waals surface area contributed by atoms with Gasteiger partial charge in [0.2, 0.25) is 0 Å². The van der Waals surface area contributed by atoms with Crippen molar-refractivity contribution in [1.29, 1.82) is 0 Å². The van der Waals surface area contributed by atoms with Crippen LogP contribution in [-0.4, -0.2) is 11.5 Å². The van der Waals surface area contributed by atoms with Gasteiger partial charge in [0.25, 0.3) is 0 Å². The van der Waals surface area contributed by atoms with Crippen LogP contribution in [0, 0.1) is 6.92 Å². The highest BCUT2D eigenvalue weighted by atomic mass is 16.5. The summed E-state index contributed by atoms with van der Waals surface area (Å²) < 4.78 is 5.84. The molecule has 0 saturated carbocycles. The minimum atomic E-state index is 0.804. The molecular formula is C15H18N2O. The van der Waals surface area contributed by atoms with E-state index in [9.17, 15) is 0 Å². The van der Waals surface area contributed by atoms with Gasteiger partial charge in [-0.25, -0.2) is 0 Å². The maximum Gasteiger partial charge on any atom is 0.148 e. The van der Waals surface area contributed by atoms with Crippen LogP contribution < -0.4 is 10.1 Å². The minimum absolute atomic E-state index is 0.804. The second-order valence-corrected chi connectivity index (χ2v) is 4.12. The zero-order valence-electron chi connectivity index (χ0n) is 10.8. The average molecular weight is 242 g/mol. The molecule has 1 aromatic carbocycles. The number of hydrogen-bond donors (Lipinski definition) is 1. The van der Waals surface area contributed by atoms with E-state index in [0.29, 0.717) is 0 Å². The Labute approximate surface area is 108 Å². The van der Waals surface area contributed by atoms with E-state index >= 15 is 0 Å². The molecule has 0 aliphatic heterocycles. The number of benzene rings is 1. The van der Waals surface area contributed by atoms with Crippen molar-refractivity contribution < 1.29 is 4.74 Å².